The number of nitrogens with zero attached hydrogens (tertiary/aromatic N) is 2. The second-order valence-electron chi connectivity index (χ2n) is 4.26. The maximum atomic E-state index is 12.8. The summed E-state index contributed by atoms with van der Waals surface area (Å²) >= 11 is 0. The molecule has 4 nitrogen and oxygen atoms in total. The Kier molecular flexibility index (Phi) is 3.75. The molecule has 98 valence electrons. The Hall–Kier alpha value is -2.43. The molecule has 2 aromatic rings. The zero-order chi connectivity index (χ0) is 13.8. The minimum Gasteiger partial charge on any atom is -0.397 e. The largest absolute Gasteiger partial charge is 0.397 e. The third-order valence-corrected chi connectivity index (χ3v) is 2.69. The lowest BCUT2D eigenvalue weighted by molar-refractivity contribution is 0.0779. The van der Waals surface area contributed by atoms with Gasteiger partial charge in [-0.15, -0.1) is 0 Å². The second-order valence-corrected chi connectivity index (χ2v) is 4.26. The van der Waals surface area contributed by atoms with E-state index < -0.39 is 0 Å². The molecule has 2 N–H and O–H groups in total. The molecule has 0 spiro atoms. The molecule has 0 atom stereocenters. The summed E-state index contributed by atoms with van der Waals surface area (Å²) in [5.41, 5.74) is 7.22. The minimum absolute atomic E-state index is 0.204. The molecule has 19 heavy (non-hydrogen) atoms. The first-order chi connectivity index (χ1) is 9.06. The lowest BCUT2D eigenvalue weighted by Crippen LogP contribution is -2.27. The Balaban J connectivity index is 2.07. The molecule has 0 saturated heterocycles. The van der Waals surface area contributed by atoms with Crippen molar-refractivity contribution in [3.8, 4) is 0 Å². The van der Waals surface area contributed by atoms with Crippen LogP contribution in [-0.2, 0) is 6.54 Å². The fourth-order valence-electron chi connectivity index (χ4n) is 1.66. The Bertz CT molecular complexity index is 566. The molecule has 0 aliphatic carbocycles. The smallest absolute Gasteiger partial charge is 0.272 e. The van der Waals surface area contributed by atoms with Gasteiger partial charge in [0, 0.05) is 13.6 Å². The van der Waals surface area contributed by atoms with Crippen LogP contribution in [0.5, 0.6) is 0 Å². The molecule has 0 saturated carbocycles. The Labute approximate surface area is 110 Å². The molecule has 0 fully saturated rings. The number of carbonyl (C=O) groups excluding carboxylic acids is 1. The first kappa shape index (κ1) is 13.0. The van der Waals surface area contributed by atoms with Crippen LogP contribution in [0.15, 0.2) is 42.6 Å². The van der Waals surface area contributed by atoms with Crippen LogP contribution in [0.1, 0.15) is 16.1 Å². The van der Waals surface area contributed by atoms with Gasteiger partial charge in [-0.25, -0.2) is 9.37 Å². The number of benzene rings is 1. The maximum absolute atomic E-state index is 12.8. The third-order valence-electron chi connectivity index (χ3n) is 2.69. The van der Waals surface area contributed by atoms with Gasteiger partial charge in [-0.05, 0) is 29.8 Å². The zero-order valence-corrected chi connectivity index (χ0v) is 10.5. The first-order valence-electron chi connectivity index (χ1n) is 5.77. The average molecular weight is 259 g/mol. The normalized spacial score (nSPS) is 10.2. The summed E-state index contributed by atoms with van der Waals surface area (Å²) in [5.74, 6) is -0.498. The Morgan fingerprint density at radius 3 is 2.53 bits per heavy atom. The summed E-state index contributed by atoms with van der Waals surface area (Å²) in [6, 6.07) is 9.25. The quantitative estimate of drug-likeness (QED) is 0.918. The SMILES string of the molecule is CN(Cc1ccc(F)cc1)C(=O)c1ccc(N)cn1. The van der Waals surface area contributed by atoms with Gasteiger partial charge in [-0.2, -0.15) is 0 Å². The van der Waals surface area contributed by atoms with Crippen molar-refractivity contribution < 1.29 is 9.18 Å². The van der Waals surface area contributed by atoms with E-state index in [2.05, 4.69) is 4.98 Å². The summed E-state index contributed by atoms with van der Waals surface area (Å²) in [7, 11) is 1.67. The van der Waals surface area contributed by atoms with Crippen LogP contribution >= 0.6 is 0 Å². The summed E-state index contributed by atoms with van der Waals surface area (Å²) in [6.45, 7) is 0.394. The molecule has 1 heterocycles. The predicted molar refractivity (Wildman–Crippen MR) is 70.8 cm³/mol. The molecule has 2 rings (SSSR count). The molecule has 1 amide bonds. The van der Waals surface area contributed by atoms with Crippen LogP contribution in [0.25, 0.3) is 0 Å². The third kappa shape index (κ3) is 3.28. The summed E-state index contributed by atoms with van der Waals surface area (Å²) in [5, 5.41) is 0. The molecule has 0 radical (unpaired) electrons. The fraction of sp³-hybridized carbons (Fsp3) is 0.143. The summed E-state index contributed by atoms with van der Waals surface area (Å²) in [6.07, 6.45) is 1.44. The van der Waals surface area contributed by atoms with Crippen LogP contribution in [0.3, 0.4) is 0 Å². The number of carbonyl (C=O) groups is 1. The van der Waals surface area contributed by atoms with E-state index in [9.17, 15) is 9.18 Å². The number of hydrogen-bond donors (Lipinski definition) is 1. The van der Waals surface area contributed by atoms with Crippen LogP contribution in [0.2, 0.25) is 0 Å². The number of nitrogens with two attached hydrogens (primary N) is 1. The van der Waals surface area contributed by atoms with Gasteiger partial charge in [0.05, 0.1) is 11.9 Å². The molecule has 0 aliphatic heterocycles. The first-order valence-corrected chi connectivity index (χ1v) is 5.77. The maximum Gasteiger partial charge on any atom is 0.272 e. The Morgan fingerprint density at radius 1 is 1.26 bits per heavy atom. The number of anilines is 1. The number of hydrogen-bond acceptors (Lipinski definition) is 3. The molecule has 1 aromatic heterocycles. The van der Waals surface area contributed by atoms with E-state index in [1.807, 2.05) is 0 Å². The van der Waals surface area contributed by atoms with Gasteiger partial charge >= 0.3 is 0 Å². The van der Waals surface area contributed by atoms with Crippen molar-refractivity contribution in [1.29, 1.82) is 0 Å². The highest BCUT2D eigenvalue weighted by molar-refractivity contribution is 5.92. The van der Waals surface area contributed by atoms with E-state index in [1.165, 1.54) is 23.2 Å². The van der Waals surface area contributed by atoms with E-state index in [-0.39, 0.29) is 11.7 Å². The highest BCUT2D eigenvalue weighted by Gasteiger charge is 2.13. The highest BCUT2D eigenvalue weighted by atomic mass is 19.1. The Morgan fingerprint density at radius 2 is 1.95 bits per heavy atom. The lowest BCUT2D eigenvalue weighted by Gasteiger charge is -2.16. The molecular weight excluding hydrogens is 245 g/mol. The molecule has 0 unspecified atom stereocenters. The van der Waals surface area contributed by atoms with Gasteiger partial charge in [-0.3, -0.25) is 4.79 Å². The van der Waals surface area contributed by atoms with Gasteiger partial charge < -0.3 is 10.6 Å². The van der Waals surface area contributed by atoms with Gasteiger partial charge in [0.15, 0.2) is 0 Å². The number of rotatable bonds is 3. The molecule has 0 aliphatic rings. The molecule has 0 bridgehead atoms. The number of nitrogen functional groups attached to an aromatic ring is 1. The van der Waals surface area contributed by atoms with Crippen LogP contribution in [-0.4, -0.2) is 22.8 Å². The van der Waals surface area contributed by atoms with Gasteiger partial charge in [0.2, 0.25) is 0 Å². The van der Waals surface area contributed by atoms with Gasteiger partial charge in [0.25, 0.3) is 5.91 Å². The topological polar surface area (TPSA) is 59.2 Å². The van der Waals surface area contributed by atoms with Crippen molar-refractivity contribution in [3.05, 3.63) is 59.7 Å². The van der Waals surface area contributed by atoms with E-state index in [1.54, 1.807) is 31.3 Å². The van der Waals surface area contributed by atoms with E-state index >= 15 is 0 Å². The van der Waals surface area contributed by atoms with Crippen molar-refractivity contribution in [3.63, 3.8) is 0 Å². The monoisotopic (exact) mass is 259 g/mol. The van der Waals surface area contributed by atoms with Crippen molar-refractivity contribution in [2.24, 2.45) is 0 Å². The van der Waals surface area contributed by atoms with Crippen molar-refractivity contribution in [1.82, 2.24) is 9.88 Å². The van der Waals surface area contributed by atoms with Crippen molar-refractivity contribution in [2.45, 2.75) is 6.54 Å². The minimum atomic E-state index is -0.294. The highest BCUT2D eigenvalue weighted by Crippen LogP contribution is 2.09. The number of pyridine rings is 1. The number of aromatic nitrogens is 1. The zero-order valence-electron chi connectivity index (χ0n) is 10.5. The van der Waals surface area contributed by atoms with Crippen molar-refractivity contribution in [2.75, 3.05) is 12.8 Å². The molecule has 1 aromatic carbocycles. The fourth-order valence-corrected chi connectivity index (χ4v) is 1.66. The summed E-state index contributed by atoms with van der Waals surface area (Å²) in [4.78, 5) is 17.6. The van der Waals surface area contributed by atoms with Crippen LogP contribution in [0.4, 0.5) is 10.1 Å². The van der Waals surface area contributed by atoms with E-state index in [0.717, 1.165) is 5.56 Å². The van der Waals surface area contributed by atoms with E-state index in [0.29, 0.717) is 17.9 Å². The lowest BCUT2D eigenvalue weighted by atomic mass is 10.2. The van der Waals surface area contributed by atoms with Crippen LogP contribution in [0, 0.1) is 5.82 Å². The average Bonchev–Trinajstić information content (AvgIpc) is 2.41. The standard InChI is InChI=1S/C14H14FN3O/c1-18(9-10-2-4-11(15)5-3-10)14(19)13-7-6-12(16)8-17-13/h2-8H,9,16H2,1H3. The van der Waals surface area contributed by atoms with Crippen LogP contribution < -0.4 is 5.73 Å². The van der Waals surface area contributed by atoms with Gasteiger partial charge in [0.1, 0.15) is 11.5 Å². The molecular formula is C14H14FN3O. The molecule has 5 heteroatoms. The predicted octanol–water partition coefficient (Wildman–Crippen LogP) is 2.08. The van der Waals surface area contributed by atoms with Crippen molar-refractivity contribution >= 4 is 11.6 Å². The van der Waals surface area contributed by atoms with Gasteiger partial charge in [-0.1, -0.05) is 12.1 Å². The summed E-state index contributed by atoms with van der Waals surface area (Å²) < 4.78 is 12.8. The van der Waals surface area contributed by atoms with E-state index in [4.69, 9.17) is 5.73 Å². The number of halogens is 1. The number of amides is 1. The second kappa shape index (κ2) is 5.48.